The highest BCUT2D eigenvalue weighted by atomic mass is 79.9. The van der Waals surface area contributed by atoms with Gasteiger partial charge in [0.05, 0.1) is 17.1 Å². The second kappa shape index (κ2) is 13.0. The molecule has 1 N–H and O–H groups in total. The van der Waals surface area contributed by atoms with E-state index in [4.69, 9.17) is 4.74 Å². The number of hydrogen-bond donors (Lipinski definition) is 1. The topological polar surface area (TPSA) is 61.9 Å². The van der Waals surface area contributed by atoms with Crippen LogP contribution in [0.25, 0.3) is 5.57 Å². The average Bonchev–Trinajstić information content (AvgIpc) is 2.97. The fourth-order valence-electron chi connectivity index (χ4n) is 5.61. The minimum absolute atomic E-state index is 0.00423. The van der Waals surface area contributed by atoms with Crippen molar-refractivity contribution in [3.05, 3.63) is 105 Å². The van der Waals surface area contributed by atoms with Crippen LogP contribution < -0.4 is 10.1 Å². The van der Waals surface area contributed by atoms with Crippen LogP contribution in [0, 0.1) is 5.82 Å². The summed E-state index contributed by atoms with van der Waals surface area (Å²) in [5.74, 6) is 0.170. The highest BCUT2D eigenvalue weighted by molar-refractivity contribution is 9.10. The molecule has 214 valence electrons. The summed E-state index contributed by atoms with van der Waals surface area (Å²) in [6.45, 7) is 3.72. The summed E-state index contributed by atoms with van der Waals surface area (Å²) in [6.07, 6.45) is 2.11. The summed E-state index contributed by atoms with van der Waals surface area (Å²) in [5.41, 5.74) is 5.09. The normalized spacial score (nSPS) is 18.3. The van der Waals surface area contributed by atoms with Crippen LogP contribution in [-0.4, -0.2) is 67.0 Å². The first-order valence-corrected chi connectivity index (χ1v) is 14.8. The maximum absolute atomic E-state index is 14.0. The highest BCUT2D eigenvalue weighted by Gasteiger charge is 2.39. The first-order valence-electron chi connectivity index (χ1n) is 14.0. The highest BCUT2D eigenvalue weighted by Crippen LogP contribution is 2.34. The minimum atomic E-state index is -0.338. The lowest BCUT2D eigenvalue weighted by molar-refractivity contribution is -0.132. The smallest absolute Gasteiger partial charge is 0.251 e. The van der Waals surface area contributed by atoms with E-state index in [-0.39, 0.29) is 29.7 Å². The van der Waals surface area contributed by atoms with Crippen LogP contribution in [0.15, 0.2) is 82.8 Å². The van der Waals surface area contributed by atoms with E-state index < -0.39 is 0 Å². The van der Waals surface area contributed by atoms with Gasteiger partial charge in [-0.15, -0.1) is 0 Å². The van der Waals surface area contributed by atoms with Gasteiger partial charge in [-0.2, -0.15) is 0 Å². The third kappa shape index (κ3) is 7.05. The predicted molar refractivity (Wildman–Crippen MR) is 162 cm³/mol. The molecule has 0 aliphatic carbocycles. The molecule has 0 aromatic heterocycles. The molecule has 2 aliphatic heterocycles. The van der Waals surface area contributed by atoms with Crippen LogP contribution >= 0.6 is 15.9 Å². The zero-order valence-electron chi connectivity index (χ0n) is 23.4. The first-order chi connectivity index (χ1) is 19.8. The SMILES string of the molecule is CC(=O)N1CC2CC(c3ccc(CCOc4cc(F)ccc4Br)cc3)=C(C(=O)N(C)CCc3ccccc3)C(C1)N2. The van der Waals surface area contributed by atoms with Crippen LogP contribution in [0.5, 0.6) is 5.75 Å². The van der Waals surface area contributed by atoms with E-state index in [0.29, 0.717) is 49.3 Å². The summed E-state index contributed by atoms with van der Waals surface area (Å²) < 4.78 is 20.1. The number of fused-ring (bicyclic) bond motifs is 2. The van der Waals surface area contributed by atoms with Gasteiger partial charge in [0.1, 0.15) is 11.6 Å². The van der Waals surface area contributed by atoms with Crippen molar-refractivity contribution in [2.75, 3.05) is 33.3 Å². The summed E-state index contributed by atoms with van der Waals surface area (Å²) in [6, 6.07) is 22.7. The van der Waals surface area contributed by atoms with E-state index in [9.17, 15) is 14.0 Å². The van der Waals surface area contributed by atoms with Gasteiger partial charge < -0.3 is 19.9 Å². The standard InChI is InChI=1S/C33H35BrFN3O3/c1-22(39)38-20-27-19-28(25-10-8-24(9-11-25)15-17-41-31-18-26(35)12-13-29(31)34)32(30(21-38)36-27)33(40)37(2)16-14-23-6-4-3-5-7-23/h3-13,18,27,30,36H,14-17,19-21H2,1-2H3. The Hall–Kier alpha value is -3.49. The molecule has 5 rings (SSSR count). The Kier molecular flexibility index (Phi) is 9.20. The molecule has 1 fully saturated rings. The quantitative estimate of drug-likeness (QED) is 0.355. The second-order valence-corrected chi connectivity index (χ2v) is 11.6. The minimum Gasteiger partial charge on any atom is -0.492 e. The van der Waals surface area contributed by atoms with Gasteiger partial charge in [-0.25, -0.2) is 4.39 Å². The molecule has 1 saturated heterocycles. The van der Waals surface area contributed by atoms with Crippen molar-refractivity contribution in [3.8, 4) is 5.75 Å². The van der Waals surface area contributed by atoms with E-state index >= 15 is 0 Å². The van der Waals surface area contributed by atoms with E-state index in [0.717, 1.165) is 28.7 Å². The van der Waals surface area contributed by atoms with Gasteiger partial charge in [-0.05, 0) is 63.2 Å². The van der Waals surface area contributed by atoms with Crippen LogP contribution in [0.3, 0.4) is 0 Å². The van der Waals surface area contributed by atoms with Crippen molar-refractivity contribution in [3.63, 3.8) is 0 Å². The number of nitrogens with zero attached hydrogens (tertiary/aromatic N) is 2. The summed E-state index contributed by atoms with van der Waals surface area (Å²) >= 11 is 3.40. The zero-order chi connectivity index (χ0) is 28.9. The number of hydrogen-bond acceptors (Lipinski definition) is 4. The fourth-order valence-corrected chi connectivity index (χ4v) is 5.97. The Bertz CT molecular complexity index is 1430. The van der Waals surface area contributed by atoms with Crippen molar-refractivity contribution in [2.45, 2.75) is 38.3 Å². The Morgan fingerprint density at radius 2 is 1.76 bits per heavy atom. The van der Waals surface area contributed by atoms with Gasteiger partial charge in [-0.3, -0.25) is 9.59 Å². The van der Waals surface area contributed by atoms with Crippen LogP contribution in [0.2, 0.25) is 0 Å². The lowest BCUT2D eigenvalue weighted by atomic mass is 9.82. The van der Waals surface area contributed by atoms with E-state index in [1.54, 1.807) is 17.9 Å². The maximum Gasteiger partial charge on any atom is 0.251 e. The lowest BCUT2D eigenvalue weighted by Crippen LogP contribution is -2.61. The van der Waals surface area contributed by atoms with Gasteiger partial charge in [0.15, 0.2) is 0 Å². The Morgan fingerprint density at radius 1 is 1.02 bits per heavy atom. The molecule has 2 bridgehead atoms. The van der Waals surface area contributed by atoms with Gasteiger partial charge in [0.25, 0.3) is 5.91 Å². The number of ether oxygens (including phenoxy) is 1. The van der Waals surface area contributed by atoms with Gasteiger partial charge in [0, 0.05) is 57.7 Å². The lowest BCUT2D eigenvalue weighted by Gasteiger charge is -2.44. The number of benzene rings is 3. The molecule has 8 heteroatoms. The molecule has 41 heavy (non-hydrogen) atoms. The molecule has 0 spiro atoms. The van der Waals surface area contributed by atoms with Gasteiger partial charge >= 0.3 is 0 Å². The van der Waals surface area contributed by atoms with Crippen molar-refractivity contribution in [1.82, 2.24) is 15.1 Å². The number of rotatable bonds is 9. The number of likely N-dealkylation sites (N-methyl/N-ethyl adjacent to an activating group) is 1. The second-order valence-electron chi connectivity index (χ2n) is 10.8. The van der Waals surface area contributed by atoms with Crippen molar-refractivity contribution < 1.29 is 18.7 Å². The molecular weight excluding hydrogens is 585 g/mol. The van der Waals surface area contributed by atoms with Gasteiger partial charge in [-0.1, -0.05) is 54.6 Å². The van der Waals surface area contributed by atoms with Crippen LogP contribution in [0.1, 0.15) is 30.0 Å². The predicted octanol–water partition coefficient (Wildman–Crippen LogP) is 5.26. The molecule has 3 aromatic carbocycles. The largest absolute Gasteiger partial charge is 0.492 e. The molecule has 2 aliphatic rings. The molecule has 2 amide bonds. The zero-order valence-corrected chi connectivity index (χ0v) is 25.0. The molecular formula is C33H35BrFN3O3. The van der Waals surface area contributed by atoms with Gasteiger partial charge in [0.2, 0.25) is 5.91 Å². The third-order valence-electron chi connectivity index (χ3n) is 7.85. The number of carbonyl (C=O) groups excluding carboxylic acids is 2. The molecule has 2 heterocycles. The van der Waals surface area contributed by atoms with Crippen molar-refractivity contribution >= 4 is 33.3 Å². The molecule has 0 radical (unpaired) electrons. The number of halogens is 2. The van der Waals surface area contributed by atoms with E-state index in [1.807, 2.05) is 30.1 Å². The molecule has 3 aromatic rings. The van der Waals surface area contributed by atoms with Crippen LogP contribution in [0.4, 0.5) is 4.39 Å². The monoisotopic (exact) mass is 619 g/mol. The first kappa shape index (κ1) is 29.0. The maximum atomic E-state index is 14.0. The Morgan fingerprint density at radius 3 is 2.49 bits per heavy atom. The van der Waals surface area contributed by atoms with E-state index in [1.165, 1.54) is 17.7 Å². The third-order valence-corrected chi connectivity index (χ3v) is 8.50. The molecule has 6 nitrogen and oxygen atoms in total. The number of piperazine rings is 1. The van der Waals surface area contributed by atoms with Crippen molar-refractivity contribution in [1.29, 1.82) is 0 Å². The molecule has 2 unspecified atom stereocenters. The molecule has 2 atom stereocenters. The number of nitrogens with one attached hydrogen (secondary N) is 1. The Balaban J connectivity index is 1.34. The number of amides is 2. The van der Waals surface area contributed by atoms with E-state index in [2.05, 4.69) is 57.6 Å². The van der Waals surface area contributed by atoms with Crippen LogP contribution in [-0.2, 0) is 22.4 Å². The summed E-state index contributed by atoms with van der Waals surface area (Å²) in [7, 11) is 1.85. The molecule has 0 saturated carbocycles. The summed E-state index contributed by atoms with van der Waals surface area (Å²) in [5, 5.41) is 3.61. The average molecular weight is 621 g/mol. The number of carbonyl (C=O) groups is 2. The van der Waals surface area contributed by atoms with Crippen molar-refractivity contribution in [2.24, 2.45) is 0 Å². The summed E-state index contributed by atoms with van der Waals surface area (Å²) in [4.78, 5) is 29.9. The Labute approximate surface area is 249 Å². The fraction of sp³-hybridized carbons (Fsp3) is 0.333.